The molecule has 2 aromatic rings. The molecule has 0 bridgehead atoms. The molecule has 1 heterocycles. The van der Waals surface area contributed by atoms with Crippen LogP contribution in [0.2, 0.25) is 0 Å². The molecule has 0 amide bonds. The van der Waals surface area contributed by atoms with E-state index in [0.717, 1.165) is 33.6 Å². The molecule has 0 aliphatic carbocycles. The Morgan fingerprint density at radius 1 is 1.18 bits per heavy atom. The van der Waals surface area contributed by atoms with Crippen molar-refractivity contribution in [1.29, 1.82) is 0 Å². The van der Waals surface area contributed by atoms with E-state index in [0.29, 0.717) is 18.8 Å². The standard InChI is InChI=1S/C23H28O5/c1-14-10-17(26-12-18-13-27-23(4,5)28-18)11-15(2)21(14)19-8-7-9-20(16(19)3)22(24)25-6/h7-11,18H,12-13H2,1-6H3/t18-/m0/s1. The molecule has 150 valence electrons. The van der Waals surface area contributed by atoms with E-state index in [1.54, 1.807) is 6.07 Å². The van der Waals surface area contributed by atoms with Crippen molar-refractivity contribution >= 4 is 5.97 Å². The van der Waals surface area contributed by atoms with Crippen LogP contribution in [0.3, 0.4) is 0 Å². The first-order valence-electron chi connectivity index (χ1n) is 9.46. The van der Waals surface area contributed by atoms with E-state index in [9.17, 15) is 4.79 Å². The monoisotopic (exact) mass is 384 g/mol. The van der Waals surface area contributed by atoms with Crippen molar-refractivity contribution in [2.24, 2.45) is 0 Å². The highest BCUT2D eigenvalue weighted by Crippen LogP contribution is 2.34. The molecule has 1 aliphatic heterocycles. The summed E-state index contributed by atoms with van der Waals surface area (Å²) in [5.74, 6) is -0.0727. The van der Waals surface area contributed by atoms with Crippen molar-refractivity contribution in [2.75, 3.05) is 20.3 Å². The molecule has 0 saturated carbocycles. The highest BCUT2D eigenvalue weighted by Gasteiger charge is 2.33. The third-order valence-electron chi connectivity index (χ3n) is 5.02. The van der Waals surface area contributed by atoms with Crippen molar-refractivity contribution in [3.05, 3.63) is 52.6 Å². The molecule has 2 aromatic carbocycles. The quantitative estimate of drug-likeness (QED) is 0.706. The maximum atomic E-state index is 12.0. The van der Waals surface area contributed by atoms with Crippen LogP contribution in [-0.2, 0) is 14.2 Å². The molecule has 1 fully saturated rings. The molecule has 1 atom stereocenters. The molecule has 5 nitrogen and oxygen atoms in total. The maximum absolute atomic E-state index is 12.0. The molecular formula is C23H28O5. The number of methoxy groups -OCH3 is 1. The minimum atomic E-state index is -0.550. The van der Waals surface area contributed by atoms with Crippen molar-refractivity contribution in [3.8, 4) is 16.9 Å². The molecule has 0 unspecified atom stereocenters. The highest BCUT2D eigenvalue weighted by atomic mass is 16.7. The van der Waals surface area contributed by atoms with Gasteiger partial charge in [0.05, 0.1) is 19.3 Å². The molecule has 1 saturated heterocycles. The van der Waals surface area contributed by atoms with E-state index < -0.39 is 5.79 Å². The molecular weight excluding hydrogens is 356 g/mol. The first kappa shape index (κ1) is 20.4. The molecule has 5 heteroatoms. The predicted octanol–water partition coefficient (Wildman–Crippen LogP) is 4.60. The predicted molar refractivity (Wildman–Crippen MR) is 108 cm³/mol. The van der Waals surface area contributed by atoms with Gasteiger partial charge in [0.2, 0.25) is 0 Å². The Morgan fingerprint density at radius 2 is 1.86 bits per heavy atom. The van der Waals surface area contributed by atoms with Gasteiger partial charge in [-0.05, 0) is 80.6 Å². The fourth-order valence-electron chi connectivity index (χ4n) is 3.70. The van der Waals surface area contributed by atoms with Crippen molar-refractivity contribution in [2.45, 2.75) is 46.5 Å². The lowest BCUT2D eigenvalue weighted by Gasteiger charge is -2.19. The van der Waals surface area contributed by atoms with Gasteiger partial charge in [-0.15, -0.1) is 0 Å². The van der Waals surface area contributed by atoms with Crippen molar-refractivity contribution < 1.29 is 23.7 Å². The van der Waals surface area contributed by atoms with Gasteiger partial charge in [0.15, 0.2) is 5.79 Å². The van der Waals surface area contributed by atoms with Crippen LogP contribution in [0, 0.1) is 20.8 Å². The summed E-state index contributed by atoms with van der Waals surface area (Å²) in [7, 11) is 1.40. The fourth-order valence-corrected chi connectivity index (χ4v) is 3.70. The number of hydrogen-bond acceptors (Lipinski definition) is 5. The number of hydrogen-bond donors (Lipinski definition) is 0. The normalized spacial score (nSPS) is 18.1. The van der Waals surface area contributed by atoms with Crippen LogP contribution in [0.15, 0.2) is 30.3 Å². The Bertz CT molecular complexity index is 862. The van der Waals surface area contributed by atoms with E-state index in [1.807, 2.05) is 45.0 Å². The summed E-state index contributed by atoms with van der Waals surface area (Å²) in [5, 5.41) is 0. The zero-order valence-electron chi connectivity index (χ0n) is 17.4. The lowest BCUT2D eigenvalue weighted by atomic mass is 9.90. The number of esters is 1. The summed E-state index contributed by atoms with van der Waals surface area (Å²) in [6.07, 6.45) is -0.0747. The highest BCUT2D eigenvalue weighted by molar-refractivity contribution is 5.94. The third kappa shape index (κ3) is 4.21. The Morgan fingerprint density at radius 3 is 2.43 bits per heavy atom. The van der Waals surface area contributed by atoms with Gasteiger partial charge in [-0.2, -0.15) is 0 Å². The van der Waals surface area contributed by atoms with Crippen molar-refractivity contribution in [3.63, 3.8) is 0 Å². The second kappa shape index (κ2) is 7.94. The summed E-state index contributed by atoms with van der Waals surface area (Å²) in [5.41, 5.74) is 5.80. The largest absolute Gasteiger partial charge is 0.491 e. The van der Waals surface area contributed by atoms with E-state index in [-0.39, 0.29) is 12.1 Å². The summed E-state index contributed by atoms with van der Waals surface area (Å²) >= 11 is 0. The van der Waals surface area contributed by atoms with Crippen LogP contribution in [0.25, 0.3) is 11.1 Å². The number of carbonyl (C=O) groups excluding carboxylic acids is 1. The topological polar surface area (TPSA) is 54.0 Å². The summed E-state index contributed by atoms with van der Waals surface area (Å²) < 4.78 is 22.2. The molecule has 0 N–H and O–H groups in total. The van der Waals surface area contributed by atoms with Gasteiger partial charge < -0.3 is 18.9 Å². The smallest absolute Gasteiger partial charge is 0.338 e. The first-order chi connectivity index (χ1) is 13.2. The lowest BCUT2D eigenvalue weighted by molar-refractivity contribution is -0.141. The zero-order chi connectivity index (χ0) is 20.5. The number of benzene rings is 2. The van der Waals surface area contributed by atoms with Crippen LogP contribution >= 0.6 is 0 Å². The van der Waals surface area contributed by atoms with Crippen molar-refractivity contribution in [1.82, 2.24) is 0 Å². The van der Waals surface area contributed by atoms with Crippen LogP contribution in [-0.4, -0.2) is 38.2 Å². The lowest BCUT2D eigenvalue weighted by Crippen LogP contribution is -2.25. The number of carbonyl (C=O) groups is 1. The van der Waals surface area contributed by atoms with E-state index in [2.05, 4.69) is 13.8 Å². The van der Waals surface area contributed by atoms with E-state index in [4.69, 9.17) is 18.9 Å². The Labute approximate surface area is 166 Å². The Hall–Kier alpha value is -2.37. The Balaban J connectivity index is 1.84. The van der Waals surface area contributed by atoms with E-state index in [1.165, 1.54) is 7.11 Å². The fraction of sp³-hybridized carbons (Fsp3) is 0.435. The summed E-state index contributed by atoms with van der Waals surface area (Å²) in [6, 6.07) is 9.75. The number of aryl methyl sites for hydroxylation is 2. The average molecular weight is 384 g/mol. The van der Waals surface area contributed by atoms with Gasteiger partial charge in [0.25, 0.3) is 0 Å². The maximum Gasteiger partial charge on any atom is 0.338 e. The third-order valence-corrected chi connectivity index (χ3v) is 5.02. The van der Waals surface area contributed by atoms with E-state index >= 15 is 0 Å². The van der Waals surface area contributed by atoms with Crippen LogP contribution < -0.4 is 4.74 Å². The van der Waals surface area contributed by atoms with Gasteiger partial charge in [-0.25, -0.2) is 4.79 Å². The molecule has 0 aromatic heterocycles. The SMILES string of the molecule is COC(=O)c1cccc(-c2c(C)cc(OC[C@H]3COC(C)(C)O3)cc2C)c1C. The summed E-state index contributed by atoms with van der Waals surface area (Å²) in [6.45, 7) is 10.8. The number of rotatable bonds is 5. The zero-order valence-corrected chi connectivity index (χ0v) is 17.4. The van der Waals surface area contributed by atoms with Gasteiger partial charge in [0, 0.05) is 0 Å². The molecule has 3 rings (SSSR count). The Kier molecular flexibility index (Phi) is 5.77. The number of ether oxygens (including phenoxy) is 4. The van der Waals surface area contributed by atoms with Crippen LogP contribution in [0.4, 0.5) is 0 Å². The average Bonchev–Trinajstić information content (AvgIpc) is 2.99. The minimum absolute atomic E-state index is 0.0747. The summed E-state index contributed by atoms with van der Waals surface area (Å²) in [4.78, 5) is 12.0. The van der Waals surface area contributed by atoms with Gasteiger partial charge in [0.1, 0.15) is 18.5 Å². The van der Waals surface area contributed by atoms with Gasteiger partial charge in [-0.1, -0.05) is 12.1 Å². The van der Waals surface area contributed by atoms with Gasteiger partial charge in [-0.3, -0.25) is 0 Å². The molecule has 28 heavy (non-hydrogen) atoms. The second-order valence-corrected chi connectivity index (χ2v) is 7.66. The van der Waals surface area contributed by atoms with Crippen LogP contribution in [0.1, 0.15) is 40.9 Å². The first-order valence-corrected chi connectivity index (χ1v) is 9.46. The van der Waals surface area contributed by atoms with Crippen LogP contribution in [0.5, 0.6) is 5.75 Å². The van der Waals surface area contributed by atoms with Gasteiger partial charge >= 0.3 is 5.97 Å². The minimum Gasteiger partial charge on any atom is -0.491 e. The second-order valence-electron chi connectivity index (χ2n) is 7.66. The molecule has 0 spiro atoms. The molecule has 1 aliphatic rings. The molecule has 0 radical (unpaired) electrons.